The minimum Gasteiger partial charge on any atom is -0.490 e. The van der Waals surface area contributed by atoms with Gasteiger partial charge in [-0.1, -0.05) is 6.07 Å². The zero-order valence-electron chi connectivity index (χ0n) is 11.1. The number of halogens is 2. The highest BCUT2D eigenvalue weighted by Crippen LogP contribution is 2.28. The molecule has 0 spiro atoms. The van der Waals surface area contributed by atoms with Crippen LogP contribution in [0.4, 0.5) is 15.8 Å². The van der Waals surface area contributed by atoms with Crippen molar-refractivity contribution in [1.29, 1.82) is 0 Å². The second-order valence-electron chi connectivity index (χ2n) is 4.24. The number of rotatable bonds is 5. The predicted octanol–water partition coefficient (Wildman–Crippen LogP) is 4.12. The van der Waals surface area contributed by atoms with Crippen LogP contribution in [0.5, 0.6) is 5.75 Å². The third kappa shape index (κ3) is 3.69. The molecule has 2 rings (SSSR count). The molecular formula is C14H12BrFN2O3. The Hall–Kier alpha value is -2.15. The maximum Gasteiger partial charge on any atom is 0.311 e. The first kappa shape index (κ1) is 15.2. The average molecular weight is 355 g/mol. The molecule has 1 N–H and O–H groups in total. The van der Waals surface area contributed by atoms with E-state index in [0.717, 1.165) is 5.56 Å². The minimum atomic E-state index is -0.490. The van der Waals surface area contributed by atoms with E-state index in [2.05, 4.69) is 21.2 Å². The second-order valence-corrected chi connectivity index (χ2v) is 5.10. The number of ether oxygens (including phenoxy) is 1. The van der Waals surface area contributed by atoms with Gasteiger partial charge >= 0.3 is 5.69 Å². The molecule has 5 nitrogen and oxygen atoms in total. The number of nitrogens with zero attached hydrogens (tertiary/aromatic N) is 1. The van der Waals surface area contributed by atoms with Crippen LogP contribution in [0.2, 0.25) is 0 Å². The molecule has 0 atom stereocenters. The Kier molecular flexibility index (Phi) is 4.74. The van der Waals surface area contributed by atoms with Crippen molar-refractivity contribution in [2.45, 2.75) is 6.54 Å². The molecule has 0 bridgehead atoms. The van der Waals surface area contributed by atoms with E-state index >= 15 is 0 Å². The molecule has 0 saturated carbocycles. The molecule has 110 valence electrons. The molecule has 21 heavy (non-hydrogen) atoms. The van der Waals surface area contributed by atoms with Gasteiger partial charge in [0.1, 0.15) is 5.82 Å². The van der Waals surface area contributed by atoms with Gasteiger partial charge in [-0.25, -0.2) is 4.39 Å². The summed E-state index contributed by atoms with van der Waals surface area (Å²) in [6, 6.07) is 9.01. The van der Waals surface area contributed by atoms with Crippen LogP contribution in [0.1, 0.15) is 5.56 Å². The van der Waals surface area contributed by atoms with Crippen LogP contribution in [0.3, 0.4) is 0 Å². The summed E-state index contributed by atoms with van der Waals surface area (Å²) < 4.78 is 18.5. The SMILES string of the molecule is COc1ccc(CNc2ccc(F)cc2Br)cc1[N+](=O)[O-]. The number of methoxy groups -OCH3 is 1. The van der Waals surface area contributed by atoms with E-state index in [4.69, 9.17) is 4.74 Å². The lowest BCUT2D eigenvalue weighted by Gasteiger charge is -2.09. The maximum atomic E-state index is 13.0. The minimum absolute atomic E-state index is 0.0880. The second kappa shape index (κ2) is 6.53. The molecule has 0 saturated heterocycles. The van der Waals surface area contributed by atoms with Crippen molar-refractivity contribution in [3.05, 3.63) is 62.4 Å². The summed E-state index contributed by atoms with van der Waals surface area (Å²) in [5, 5.41) is 14.0. The van der Waals surface area contributed by atoms with Gasteiger partial charge in [-0.2, -0.15) is 0 Å². The highest BCUT2D eigenvalue weighted by atomic mass is 79.9. The first-order valence-electron chi connectivity index (χ1n) is 6.01. The van der Waals surface area contributed by atoms with Crippen molar-refractivity contribution in [1.82, 2.24) is 0 Å². The van der Waals surface area contributed by atoms with Crippen molar-refractivity contribution < 1.29 is 14.1 Å². The number of hydrogen-bond acceptors (Lipinski definition) is 4. The lowest BCUT2D eigenvalue weighted by molar-refractivity contribution is -0.385. The molecule has 0 radical (unpaired) electrons. The lowest BCUT2D eigenvalue weighted by Crippen LogP contribution is -2.02. The molecule has 2 aromatic carbocycles. The number of anilines is 1. The largest absolute Gasteiger partial charge is 0.490 e. The van der Waals surface area contributed by atoms with E-state index in [1.165, 1.54) is 25.3 Å². The Balaban J connectivity index is 2.16. The molecule has 0 unspecified atom stereocenters. The van der Waals surface area contributed by atoms with E-state index in [0.29, 0.717) is 16.7 Å². The van der Waals surface area contributed by atoms with E-state index in [9.17, 15) is 14.5 Å². The molecule has 2 aromatic rings. The van der Waals surface area contributed by atoms with Gasteiger partial charge in [-0.3, -0.25) is 10.1 Å². The number of benzene rings is 2. The molecule has 0 fully saturated rings. The zero-order valence-corrected chi connectivity index (χ0v) is 12.7. The van der Waals surface area contributed by atoms with Gasteiger partial charge in [-0.05, 0) is 45.8 Å². The summed E-state index contributed by atoms with van der Waals surface area (Å²) in [5.41, 5.74) is 1.34. The molecule has 7 heteroatoms. The number of nitrogens with one attached hydrogen (secondary N) is 1. The van der Waals surface area contributed by atoms with Crippen molar-refractivity contribution in [3.8, 4) is 5.75 Å². The van der Waals surface area contributed by atoms with Crippen LogP contribution in [0.15, 0.2) is 40.9 Å². The van der Waals surface area contributed by atoms with E-state index in [1.807, 2.05) is 0 Å². The summed E-state index contributed by atoms with van der Waals surface area (Å²) in [6.07, 6.45) is 0. The Labute approximate surface area is 129 Å². The van der Waals surface area contributed by atoms with Crippen LogP contribution < -0.4 is 10.1 Å². The summed E-state index contributed by atoms with van der Waals surface area (Å²) in [4.78, 5) is 10.5. The molecular weight excluding hydrogens is 343 g/mol. The quantitative estimate of drug-likeness (QED) is 0.647. The van der Waals surface area contributed by atoms with Gasteiger partial charge in [0.05, 0.1) is 12.0 Å². The highest BCUT2D eigenvalue weighted by Gasteiger charge is 2.15. The lowest BCUT2D eigenvalue weighted by atomic mass is 10.2. The van der Waals surface area contributed by atoms with Crippen molar-refractivity contribution in [3.63, 3.8) is 0 Å². The molecule has 0 aliphatic rings. The normalized spacial score (nSPS) is 10.2. The van der Waals surface area contributed by atoms with Crippen LogP contribution in [0.25, 0.3) is 0 Å². The van der Waals surface area contributed by atoms with E-state index in [1.54, 1.807) is 18.2 Å². The van der Waals surface area contributed by atoms with Gasteiger partial charge in [0.25, 0.3) is 0 Å². The summed E-state index contributed by atoms with van der Waals surface area (Å²) in [5.74, 6) is -0.126. The Bertz CT molecular complexity index is 679. The average Bonchev–Trinajstić information content (AvgIpc) is 2.46. The summed E-state index contributed by atoms with van der Waals surface area (Å²) >= 11 is 3.25. The first-order valence-corrected chi connectivity index (χ1v) is 6.81. The van der Waals surface area contributed by atoms with Crippen LogP contribution in [0, 0.1) is 15.9 Å². The van der Waals surface area contributed by atoms with Gasteiger partial charge < -0.3 is 10.1 Å². The third-order valence-electron chi connectivity index (χ3n) is 2.85. The standard InChI is InChI=1S/C14H12BrFN2O3/c1-21-14-5-2-9(6-13(14)18(19)20)8-17-12-4-3-10(16)7-11(12)15/h2-7,17H,8H2,1H3. The Morgan fingerprint density at radius 1 is 1.33 bits per heavy atom. The van der Waals surface area contributed by atoms with Crippen LogP contribution in [-0.4, -0.2) is 12.0 Å². The monoisotopic (exact) mass is 354 g/mol. The Morgan fingerprint density at radius 3 is 2.71 bits per heavy atom. The smallest absolute Gasteiger partial charge is 0.311 e. The number of nitro benzene ring substituents is 1. The van der Waals surface area contributed by atoms with E-state index < -0.39 is 4.92 Å². The van der Waals surface area contributed by atoms with E-state index in [-0.39, 0.29) is 17.3 Å². The fraction of sp³-hybridized carbons (Fsp3) is 0.143. The molecule has 0 heterocycles. The molecule has 0 aromatic heterocycles. The fourth-order valence-corrected chi connectivity index (χ4v) is 2.31. The van der Waals surface area contributed by atoms with Crippen molar-refractivity contribution in [2.24, 2.45) is 0 Å². The number of hydrogen-bond donors (Lipinski definition) is 1. The Morgan fingerprint density at radius 2 is 2.10 bits per heavy atom. The zero-order chi connectivity index (χ0) is 15.4. The molecule has 0 amide bonds. The summed E-state index contributed by atoms with van der Waals surface area (Å²) in [7, 11) is 1.38. The highest BCUT2D eigenvalue weighted by molar-refractivity contribution is 9.10. The third-order valence-corrected chi connectivity index (χ3v) is 3.51. The van der Waals surface area contributed by atoms with Crippen LogP contribution >= 0.6 is 15.9 Å². The van der Waals surface area contributed by atoms with Crippen molar-refractivity contribution >= 4 is 27.3 Å². The molecule has 0 aliphatic carbocycles. The fourth-order valence-electron chi connectivity index (χ4n) is 1.82. The first-order chi connectivity index (χ1) is 10.0. The van der Waals surface area contributed by atoms with Gasteiger partial charge in [0, 0.05) is 22.8 Å². The topological polar surface area (TPSA) is 64.4 Å². The summed E-state index contributed by atoms with van der Waals surface area (Å²) in [6.45, 7) is 0.370. The predicted molar refractivity (Wildman–Crippen MR) is 81.1 cm³/mol. The van der Waals surface area contributed by atoms with Gasteiger partial charge in [-0.15, -0.1) is 0 Å². The van der Waals surface area contributed by atoms with Crippen molar-refractivity contribution in [2.75, 3.05) is 12.4 Å². The van der Waals surface area contributed by atoms with Crippen LogP contribution in [-0.2, 0) is 6.54 Å². The maximum absolute atomic E-state index is 13.0. The van der Waals surface area contributed by atoms with Gasteiger partial charge in [0.2, 0.25) is 0 Å². The molecule has 0 aliphatic heterocycles. The van der Waals surface area contributed by atoms with Gasteiger partial charge in [0.15, 0.2) is 5.75 Å². The number of nitro groups is 1.